The first kappa shape index (κ1) is 94.0. The van der Waals surface area contributed by atoms with E-state index in [4.69, 9.17) is 9.47 Å². The van der Waals surface area contributed by atoms with E-state index < -0.39 is 0 Å². The second-order valence-corrected chi connectivity index (χ2v) is 28.4. The third-order valence-corrected chi connectivity index (χ3v) is 10.8. The Morgan fingerprint density at radius 3 is 1.28 bits per heavy atom. The third-order valence-electron chi connectivity index (χ3n) is 10.8. The zero-order chi connectivity index (χ0) is 60.1. The van der Waals surface area contributed by atoms with Crippen molar-refractivity contribution < 1.29 is 13.9 Å². The number of ether oxygens (including phenoxy) is 2. The zero-order valence-electron chi connectivity index (χ0n) is 53.7. The van der Waals surface area contributed by atoms with Gasteiger partial charge in [0, 0.05) is 68.2 Å². The van der Waals surface area contributed by atoms with Crippen LogP contribution < -0.4 is 9.47 Å². The Bertz CT molecular complexity index is 2480. The summed E-state index contributed by atoms with van der Waals surface area (Å²) >= 11 is 0. The van der Waals surface area contributed by atoms with Gasteiger partial charge in [0.25, 0.3) is 0 Å². The smallest absolute Gasteiger partial charge is 0.216 e. The number of rotatable bonds is 10. The first-order valence-electron chi connectivity index (χ1n) is 28.5. The monoisotopic (exact) mass is 1200 g/mol. The van der Waals surface area contributed by atoms with Crippen LogP contribution >= 0.6 is 0 Å². The summed E-state index contributed by atoms with van der Waals surface area (Å²) in [4.78, 5) is 33.5. The van der Waals surface area contributed by atoms with Gasteiger partial charge in [-0.1, -0.05) is 234 Å². The minimum atomic E-state index is -0.201. The second-order valence-electron chi connectivity index (χ2n) is 28.4. The number of aromatic nitrogens is 8. The van der Waals surface area contributed by atoms with Crippen molar-refractivity contribution in [2.75, 3.05) is 14.2 Å². The van der Waals surface area contributed by atoms with Crippen LogP contribution in [-0.4, -0.2) is 54.1 Å². The first-order chi connectivity index (χ1) is 36.4. The molecule has 1 fully saturated rings. The average Bonchev–Trinajstić information content (AvgIpc) is 4.12. The molecule has 10 nitrogen and oxygen atoms in total. The number of benzene rings is 1. The molecule has 494 valence electrons. The third kappa shape index (κ3) is 53.7. The van der Waals surface area contributed by atoms with Crippen LogP contribution in [0.3, 0.4) is 0 Å². The van der Waals surface area contributed by atoms with Gasteiger partial charge >= 0.3 is 0 Å². The maximum Gasteiger partial charge on any atom is 0.216 e. The van der Waals surface area contributed by atoms with Crippen LogP contribution in [0.2, 0.25) is 0 Å². The van der Waals surface area contributed by atoms with Gasteiger partial charge in [0.1, 0.15) is 29.0 Å². The lowest BCUT2D eigenvalue weighted by molar-refractivity contribution is 0.354. The Balaban J connectivity index is -0.000000168. The van der Waals surface area contributed by atoms with Crippen LogP contribution in [0.15, 0.2) is 110 Å². The number of hydrogen-bond acceptors (Lipinski definition) is 10. The van der Waals surface area contributed by atoms with Crippen molar-refractivity contribution in [2.45, 2.75) is 255 Å². The highest BCUT2D eigenvalue weighted by Gasteiger charge is 2.26. The Morgan fingerprint density at radius 2 is 0.860 bits per heavy atom. The SMILES string of the molecule is C.C.C.C.C.C.C.CC(C)(C)CC1CC1.CC(C)(C)Cc1ccccc1.CC(C)(C)Cc1ncccc1F.CC(C)(C)Cc1ncccn1.COc1cccnc1CC(C)(C)C.COc1ccnc(CC(C)C)n1.Cc1ccnc(CC(C)(C)C)n1. The molecule has 1 aliphatic rings. The van der Waals surface area contributed by atoms with Crippen molar-refractivity contribution in [3.63, 3.8) is 0 Å². The second kappa shape index (κ2) is 45.6. The lowest BCUT2D eigenvalue weighted by atomic mass is 9.88. The molecule has 0 saturated heterocycles. The van der Waals surface area contributed by atoms with Gasteiger partial charge in [-0.05, 0) is 119 Å². The standard InChI is InChI=1S/C11H17NO.C11H16.C10H14FN.C10H16N2.C9H14N2O.C9H14N2.C8H16.7CH4/c1-11(2,3)8-9-10(13-4)6-5-7-12-9;1-11(2,3)9-10-7-5-4-6-8-10;1-10(2,3)7-9-8(11)5-4-6-12-9;1-8-5-6-11-9(12-8)7-10(2,3)4;1-7(2)6-8-10-5-4-9(11-8)12-3;1-9(2,3)7-8-10-5-4-6-11-8;1-8(2,3)6-7-4-5-7;;;;;;;/h5-7H,8H2,1-4H3;4-8H,9H2,1-3H3;4-6H,7H2,1-3H3;5-6H,7H2,1-4H3;4-5,7H,6H2,1-3H3;4-6H,7H2,1-3H3;7H,4-6H2,1-3H3;7*1H4. The van der Waals surface area contributed by atoms with Gasteiger partial charge in [-0.25, -0.2) is 29.3 Å². The van der Waals surface area contributed by atoms with E-state index in [1.54, 1.807) is 51.1 Å². The highest BCUT2D eigenvalue weighted by atomic mass is 19.1. The number of hydrogen-bond donors (Lipinski definition) is 0. The predicted molar refractivity (Wildman–Crippen MR) is 377 cm³/mol. The number of methoxy groups -OCH3 is 2. The normalized spacial score (nSPS) is 11.4. The molecular weight excluding hydrogens is 1060 g/mol. The number of halogens is 1. The topological polar surface area (TPSA) is 122 Å². The molecule has 11 heteroatoms. The maximum absolute atomic E-state index is 13.1. The molecule has 1 aliphatic carbocycles. The molecule has 1 aromatic carbocycles. The summed E-state index contributed by atoms with van der Waals surface area (Å²) in [5.74, 6) is 5.73. The lowest BCUT2D eigenvalue weighted by Crippen LogP contribution is -2.12. The highest BCUT2D eigenvalue weighted by molar-refractivity contribution is 5.27. The molecule has 0 aliphatic heterocycles. The van der Waals surface area contributed by atoms with E-state index in [1.165, 1.54) is 30.9 Å². The highest BCUT2D eigenvalue weighted by Crippen LogP contribution is 2.39. The zero-order valence-corrected chi connectivity index (χ0v) is 53.7. The largest absolute Gasteiger partial charge is 0.495 e. The van der Waals surface area contributed by atoms with Crippen molar-refractivity contribution >= 4 is 0 Å². The molecule has 6 aromatic rings. The molecule has 0 radical (unpaired) electrons. The fourth-order valence-electron chi connectivity index (χ4n) is 7.60. The Kier molecular flexibility index (Phi) is 49.8. The van der Waals surface area contributed by atoms with E-state index in [9.17, 15) is 4.39 Å². The molecule has 7 rings (SSSR count). The number of pyridine rings is 2. The average molecular weight is 1200 g/mol. The molecule has 5 heterocycles. The lowest BCUT2D eigenvalue weighted by Gasteiger charge is -2.18. The van der Waals surface area contributed by atoms with Crippen molar-refractivity contribution in [3.05, 3.63) is 156 Å². The first-order valence-corrected chi connectivity index (χ1v) is 28.5. The summed E-state index contributed by atoms with van der Waals surface area (Å²) < 4.78 is 23.3. The summed E-state index contributed by atoms with van der Waals surface area (Å²) in [6, 6.07) is 23.1. The van der Waals surface area contributed by atoms with Crippen LogP contribution in [0.25, 0.3) is 0 Å². The van der Waals surface area contributed by atoms with Crippen molar-refractivity contribution in [2.24, 2.45) is 44.3 Å². The number of nitrogens with zero attached hydrogens (tertiary/aromatic N) is 8. The molecular formula is C75H135FN8O2. The molecule has 0 spiro atoms. The van der Waals surface area contributed by atoms with E-state index in [1.807, 2.05) is 43.6 Å². The van der Waals surface area contributed by atoms with E-state index in [0.29, 0.717) is 34.7 Å². The Hall–Kier alpha value is -5.71. The van der Waals surface area contributed by atoms with E-state index in [0.717, 1.165) is 72.6 Å². The van der Waals surface area contributed by atoms with E-state index >= 15 is 0 Å². The van der Waals surface area contributed by atoms with Crippen LogP contribution in [-0.2, 0) is 38.5 Å². The summed E-state index contributed by atoms with van der Waals surface area (Å²) in [7, 11) is 3.30. The molecule has 0 bridgehead atoms. The number of aryl methyl sites for hydroxylation is 1. The molecule has 86 heavy (non-hydrogen) atoms. The van der Waals surface area contributed by atoms with Crippen molar-refractivity contribution in [3.8, 4) is 11.6 Å². The molecule has 0 amide bonds. The van der Waals surface area contributed by atoms with E-state index in [2.05, 4.69) is 209 Å². The summed E-state index contributed by atoms with van der Waals surface area (Å²) in [6.45, 7) is 46.0. The van der Waals surface area contributed by atoms with Crippen LogP contribution in [0.5, 0.6) is 11.6 Å². The summed E-state index contributed by atoms with van der Waals surface area (Å²) in [5, 5.41) is 0. The minimum absolute atomic E-state index is 0. The maximum atomic E-state index is 13.1. The molecule has 0 unspecified atom stereocenters. The van der Waals surface area contributed by atoms with Gasteiger partial charge < -0.3 is 9.47 Å². The fourth-order valence-corrected chi connectivity index (χ4v) is 7.60. The summed E-state index contributed by atoms with van der Waals surface area (Å²) in [5.41, 5.74) is 5.96. The van der Waals surface area contributed by atoms with Crippen molar-refractivity contribution in [1.82, 2.24) is 39.9 Å². The van der Waals surface area contributed by atoms with Gasteiger partial charge in [0.15, 0.2) is 0 Å². The van der Waals surface area contributed by atoms with Crippen LogP contribution in [0, 0.1) is 57.1 Å². The predicted octanol–water partition coefficient (Wildman–Crippen LogP) is 22.2. The fraction of sp³-hybridized carbons (Fsp3) is 0.627. The quantitative estimate of drug-likeness (QED) is 0.131. The van der Waals surface area contributed by atoms with Gasteiger partial charge in [0.2, 0.25) is 5.88 Å². The minimum Gasteiger partial charge on any atom is -0.495 e. The van der Waals surface area contributed by atoms with Gasteiger partial charge in [-0.15, -0.1) is 0 Å². The molecule has 0 N–H and O–H groups in total. The van der Waals surface area contributed by atoms with Gasteiger partial charge in [-0.3, -0.25) is 9.97 Å². The van der Waals surface area contributed by atoms with Crippen LogP contribution in [0.1, 0.15) is 250 Å². The summed E-state index contributed by atoms with van der Waals surface area (Å²) in [6.07, 6.45) is 20.6. The Morgan fingerprint density at radius 1 is 0.430 bits per heavy atom. The van der Waals surface area contributed by atoms with Crippen molar-refractivity contribution in [1.29, 1.82) is 0 Å². The Labute approximate surface area is 532 Å². The molecule has 5 aromatic heterocycles. The van der Waals surface area contributed by atoms with E-state index in [-0.39, 0.29) is 79.5 Å². The van der Waals surface area contributed by atoms with Gasteiger partial charge in [-0.2, -0.15) is 4.98 Å². The van der Waals surface area contributed by atoms with Gasteiger partial charge in [0.05, 0.1) is 25.6 Å². The molecule has 1 saturated carbocycles. The molecule has 0 atom stereocenters. The van der Waals surface area contributed by atoms with Crippen LogP contribution in [0.4, 0.5) is 4.39 Å².